The third kappa shape index (κ3) is 2.84. The molecular formula is C10H16N2O. The van der Waals surface area contributed by atoms with Gasteiger partial charge in [-0.1, -0.05) is 0 Å². The van der Waals surface area contributed by atoms with Gasteiger partial charge in [0.25, 0.3) is 0 Å². The zero-order chi connectivity index (χ0) is 9.10. The predicted octanol–water partition coefficient (Wildman–Crippen LogP) is 1.67. The summed E-state index contributed by atoms with van der Waals surface area (Å²) in [7, 11) is 0. The molecule has 13 heavy (non-hydrogen) atoms. The maximum Gasteiger partial charge on any atom is 0.194 e. The highest BCUT2D eigenvalue weighted by Crippen LogP contribution is 2.18. The van der Waals surface area contributed by atoms with E-state index in [2.05, 4.69) is 10.3 Å². The summed E-state index contributed by atoms with van der Waals surface area (Å²) in [5.74, 6) is 1.78. The first-order valence-electron chi connectivity index (χ1n) is 4.99. The molecule has 0 aromatic carbocycles. The Labute approximate surface area is 78.5 Å². The Bertz CT molecular complexity index is 266. The Kier molecular flexibility index (Phi) is 2.64. The summed E-state index contributed by atoms with van der Waals surface area (Å²) < 4.78 is 5.37. The Balaban J connectivity index is 1.61. The quantitative estimate of drug-likeness (QED) is 0.700. The van der Waals surface area contributed by atoms with E-state index in [1.807, 2.05) is 6.92 Å². The number of rotatable bonds is 5. The highest BCUT2D eigenvalue weighted by molar-refractivity contribution is 4.91. The Hall–Kier alpha value is -0.830. The third-order valence-corrected chi connectivity index (χ3v) is 2.25. The molecule has 1 aromatic rings. The van der Waals surface area contributed by atoms with Crippen LogP contribution < -0.4 is 5.32 Å². The van der Waals surface area contributed by atoms with Gasteiger partial charge in [0.05, 0.1) is 6.20 Å². The molecule has 1 aliphatic rings. The first-order valence-corrected chi connectivity index (χ1v) is 4.99. The fourth-order valence-corrected chi connectivity index (χ4v) is 1.35. The highest BCUT2D eigenvalue weighted by Gasteiger charge is 2.19. The summed E-state index contributed by atoms with van der Waals surface area (Å²) in [4.78, 5) is 4.15. The van der Waals surface area contributed by atoms with Crippen LogP contribution in [0.1, 0.15) is 30.9 Å². The number of hydrogen-bond acceptors (Lipinski definition) is 3. The summed E-state index contributed by atoms with van der Waals surface area (Å²) in [6.07, 6.45) is 6.57. The van der Waals surface area contributed by atoms with Crippen molar-refractivity contribution in [2.45, 2.75) is 38.6 Å². The number of hydrogen-bond donors (Lipinski definition) is 1. The minimum Gasteiger partial charge on any atom is -0.446 e. The molecule has 0 radical (unpaired) electrons. The lowest BCUT2D eigenvalue weighted by molar-refractivity contribution is 0.461. The Morgan fingerprint density at radius 1 is 1.62 bits per heavy atom. The topological polar surface area (TPSA) is 38.1 Å². The van der Waals surface area contributed by atoms with Gasteiger partial charge in [-0.25, -0.2) is 4.98 Å². The lowest BCUT2D eigenvalue weighted by atomic mass is 10.3. The number of nitrogens with one attached hydrogen (secondary N) is 1. The number of aromatic nitrogens is 1. The van der Waals surface area contributed by atoms with E-state index < -0.39 is 0 Å². The van der Waals surface area contributed by atoms with Crippen LogP contribution in [0.4, 0.5) is 0 Å². The first-order chi connectivity index (χ1) is 6.34. The van der Waals surface area contributed by atoms with Gasteiger partial charge in [-0.15, -0.1) is 0 Å². The smallest absolute Gasteiger partial charge is 0.194 e. The summed E-state index contributed by atoms with van der Waals surface area (Å²) >= 11 is 0. The maximum absolute atomic E-state index is 5.37. The molecule has 1 N–H and O–H groups in total. The molecule has 1 heterocycles. The molecule has 72 valence electrons. The SMILES string of the molecule is Cc1cnc(CCCNC2CC2)o1. The molecule has 0 spiro atoms. The molecule has 3 nitrogen and oxygen atoms in total. The van der Waals surface area contributed by atoms with E-state index in [0.29, 0.717) is 0 Å². The largest absolute Gasteiger partial charge is 0.446 e. The van der Waals surface area contributed by atoms with Crippen LogP contribution in [0.5, 0.6) is 0 Å². The predicted molar refractivity (Wildman–Crippen MR) is 50.6 cm³/mol. The molecule has 2 rings (SSSR count). The van der Waals surface area contributed by atoms with Crippen molar-refractivity contribution < 1.29 is 4.42 Å². The molecule has 0 bridgehead atoms. The molecular weight excluding hydrogens is 164 g/mol. The fourth-order valence-electron chi connectivity index (χ4n) is 1.35. The monoisotopic (exact) mass is 180 g/mol. The second-order valence-corrected chi connectivity index (χ2v) is 3.70. The van der Waals surface area contributed by atoms with Crippen molar-refractivity contribution in [3.05, 3.63) is 17.8 Å². The van der Waals surface area contributed by atoms with Crippen LogP contribution in [0, 0.1) is 6.92 Å². The van der Waals surface area contributed by atoms with Gasteiger partial charge in [0.2, 0.25) is 0 Å². The van der Waals surface area contributed by atoms with Gasteiger partial charge in [0, 0.05) is 12.5 Å². The van der Waals surface area contributed by atoms with Crippen molar-refractivity contribution in [3.8, 4) is 0 Å². The average molecular weight is 180 g/mol. The summed E-state index contributed by atoms with van der Waals surface area (Å²) in [6, 6.07) is 0.811. The van der Waals surface area contributed by atoms with E-state index in [0.717, 1.165) is 37.1 Å². The second kappa shape index (κ2) is 3.92. The van der Waals surface area contributed by atoms with Gasteiger partial charge in [-0.2, -0.15) is 0 Å². The molecule has 0 saturated heterocycles. The molecule has 0 aliphatic heterocycles. The van der Waals surface area contributed by atoms with Crippen molar-refractivity contribution in [3.63, 3.8) is 0 Å². The van der Waals surface area contributed by atoms with Gasteiger partial charge < -0.3 is 9.73 Å². The van der Waals surface area contributed by atoms with E-state index in [9.17, 15) is 0 Å². The zero-order valence-corrected chi connectivity index (χ0v) is 8.05. The van der Waals surface area contributed by atoms with Crippen molar-refractivity contribution in [1.29, 1.82) is 0 Å². The lowest BCUT2D eigenvalue weighted by Crippen LogP contribution is -2.17. The summed E-state index contributed by atoms with van der Waals surface area (Å²) in [5.41, 5.74) is 0. The molecule has 0 amide bonds. The molecule has 1 aliphatic carbocycles. The maximum atomic E-state index is 5.37. The van der Waals surface area contributed by atoms with Crippen LogP contribution in [-0.4, -0.2) is 17.6 Å². The average Bonchev–Trinajstić information content (AvgIpc) is 2.84. The van der Waals surface area contributed by atoms with Crippen molar-refractivity contribution in [2.75, 3.05) is 6.54 Å². The molecule has 3 heteroatoms. The third-order valence-electron chi connectivity index (χ3n) is 2.25. The zero-order valence-electron chi connectivity index (χ0n) is 8.05. The minimum absolute atomic E-state index is 0.811. The van der Waals surface area contributed by atoms with Crippen LogP contribution in [0.2, 0.25) is 0 Å². The van der Waals surface area contributed by atoms with Crippen LogP contribution in [-0.2, 0) is 6.42 Å². The van der Waals surface area contributed by atoms with Gasteiger partial charge in [0.15, 0.2) is 5.89 Å². The van der Waals surface area contributed by atoms with Crippen LogP contribution in [0.3, 0.4) is 0 Å². The molecule has 0 atom stereocenters. The van der Waals surface area contributed by atoms with E-state index in [1.54, 1.807) is 6.20 Å². The molecule has 1 saturated carbocycles. The molecule has 1 aromatic heterocycles. The van der Waals surface area contributed by atoms with E-state index in [-0.39, 0.29) is 0 Å². The lowest BCUT2D eigenvalue weighted by Gasteiger charge is -1.99. The van der Waals surface area contributed by atoms with Gasteiger partial charge in [-0.05, 0) is 32.7 Å². The number of aryl methyl sites for hydroxylation is 2. The van der Waals surface area contributed by atoms with Crippen molar-refractivity contribution >= 4 is 0 Å². The van der Waals surface area contributed by atoms with E-state index in [4.69, 9.17) is 4.42 Å². The fraction of sp³-hybridized carbons (Fsp3) is 0.700. The van der Waals surface area contributed by atoms with Gasteiger partial charge in [0.1, 0.15) is 5.76 Å². The normalized spacial score (nSPS) is 16.4. The number of oxazole rings is 1. The highest BCUT2D eigenvalue weighted by atomic mass is 16.3. The molecule has 1 fully saturated rings. The van der Waals surface area contributed by atoms with Gasteiger partial charge >= 0.3 is 0 Å². The van der Waals surface area contributed by atoms with Crippen LogP contribution in [0.25, 0.3) is 0 Å². The Morgan fingerprint density at radius 2 is 2.46 bits per heavy atom. The van der Waals surface area contributed by atoms with Crippen LogP contribution in [0.15, 0.2) is 10.6 Å². The van der Waals surface area contributed by atoms with Crippen LogP contribution >= 0.6 is 0 Å². The minimum atomic E-state index is 0.811. The molecule has 0 unspecified atom stereocenters. The van der Waals surface area contributed by atoms with Crippen molar-refractivity contribution in [1.82, 2.24) is 10.3 Å². The number of nitrogens with zero attached hydrogens (tertiary/aromatic N) is 1. The van der Waals surface area contributed by atoms with E-state index in [1.165, 1.54) is 12.8 Å². The van der Waals surface area contributed by atoms with E-state index >= 15 is 0 Å². The summed E-state index contributed by atoms with van der Waals surface area (Å²) in [6.45, 7) is 3.02. The second-order valence-electron chi connectivity index (χ2n) is 3.70. The van der Waals surface area contributed by atoms with Crippen molar-refractivity contribution in [2.24, 2.45) is 0 Å². The first kappa shape index (κ1) is 8.75. The van der Waals surface area contributed by atoms with Gasteiger partial charge in [-0.3, -0.25) is 0 Å². The standard InChI is InChI=1S/C10H16N2O/c1-8-7-12-10(13-8)3-2-6-11-9-4-5-9/h7,9,11H,2-6H2,1H3. The Morgan fingerprint density at radius 3 is 3.08 bits per heavy atom. The summed E-state index contributed by atoms with van der Waals surface area (Å²) in [5, 5.41) is 3.46.